The van der Waals surface area contributed by atoms with Gasteiger partial charge in [0.1, 0.15) is 0 Å². The molecule has 78 valence electrons. The summed E-state index contributed by atoms with van der Waals surface area (Å²) in [5.74, 6) is 2.25. The highest BCUT2D eigenvalue weighted by molar-refractivity contribution is 14.1. The van der Waals surface area contributed by atoms with Gasteiger partial charge in [-0.15, -0.1) is 0 Å². The van der Waals surface area contributed by atoms with Crippen LogP contribution >= 0.6 is 44.2 Å². The van der Waals surface area contributed by atoms with Crippen molar-refractivity contribution in [2.75, 3.05) is 5.75 Å². The fourth-order valence-corrected chi connectivity index (χ4v) is 3.81. The first kappa shape index (κ1) is 12.7. The van der Waals surface area contributed by atoms with Gasteiger partial charge in [-0.25, -0.2) is 0 Å². The summed E-state index contributed by atoms with van der Waals surface area (Å²) in [6.07, 6.45) is 0. The van der Waals surface area contributed by atoms with Crippen LogP contribution in [0.25, 0.3) is 0 Å². The molecule has 0 aliphatic rings. The first-order chi connectivity index (χ1) is 6.77. The minimum absolute atomic E-state index is 0.632. The predicted molar refractivity (Wildman–Crippen MR) is 76.5 cm³/mol. The number of nitrogens with two attached hydrogens (primary N) is 1. The molecule has 0 aliphatic heterocycles. The summed E-state index contributed by atoms with van der Waals surface area (Å²) in [6, 6.07) is 6.48. The Kier molecular flexibility index (Phi) is 6.32. The van der Waals surface area contributed by atoms with Crippen LogP contribution in [0.3, 0.4) is 0 Å². The van der Waals surface area contributed by atoms with E-state index in [9.17, 15) is 0 Å². The molecule has 0 saturated heterocycles. The van der Waals surface area contributed by atoms with Gasteiger partial charge < -0.3 is 5.73 Å². The van der Waals surface area contributed by atoms with Gasteiger partial charge in [0.25, 0.3) is 0 Å². The number of halogens is 1. The molecule has 0 aromatic heterocycles. The molecule has 0 heterocycles. The first-order valence-electron chi connectivity index (χ1n) is 4.49. The van der Waals surface area contributed by atoms with Crippen LogP contribution in [-0.4, -0.2) is 5.75 Å². The topological polar surface area (TPSA) is 26.0 Å². The van der Waals surface area contributed by atoms with E-state index in [1.807, 2.05) is 21.6 Å². The number of hydrogen-bond acceptors (Lipinski definition) is 3. The van der Waals surface area contributed by atoms with E-state index < -0.39 is 0 Å². The van der Waals surface area contributed by atoms with Crippen molar-refractivity contribution in [1.29, 1.82) is 0 Å². The second-order valence-electron chi connectivity index (χ2n) is 2.80. The molecule has 0 atom stereocenters. The third-order valence-electron chi connectivity index (χ3n) is 1.77. The van der Waals surface area contributed by atoms with Crippen LogP contribution in [0.15, 0.2) is 18.2 Å². The van der Waals surface area contributed by atoms with Crippen molar-refractivity contribution in [2.24, 2.45) is 5.73 Å². The SMILES string of the molecule is CCSSCc1ccc(CN)cc1I. The Labute approximate surface area is 107 Å². The van der Waals surface area contributed by atoms with Crippen molar-refractivity contribution < 1.29 is 0 Å². The maximum absolute atomic E-state index is 5.58. The normalized spacial score (nSPS) is 10.5. The van der Waals surface area contributed by atoms with E-state index in [0.29, 0.717) is 6.54 Å². The first-order valence-corrected chi connectivity index (χ1v) is 8.06. The molecule has 14 heavy (non-hydrogen) atoms. The summed E-state index contributed by atoms with van der Waals surface area (Å²) >= 11 is 2.38. The molecule has 1 aromatic rings. The van der Waals surface area contributed by atoms with Crippen LogP contribution < -0.4 is 5.73 Å². The van der Waals surface area contributed by atoms with E-state index in [0.717, 1.165) is 5.75 Å². The van der Waals surface area contributed by atoms with Gasteiger partial charge in [0, 0.05) is 21.6 Å². The van der Waals surface area contributed by atoms with Crippen LogP contribution in [0.1, 0.15) is 18.1 Å². The molecular formula is C10H14INS2. The zero-order valence-electron chi connectivity index (χ0n) is 8.13. The van der Waals surface area contributed by atoms with Crippen molar-refractivity contribution in [3.63, 3.8) is 0 Å². The summed E-state index contributed by atoms with van der Waals surface area (Å²) in [5, 5.41) is 0. The molecule has 0 unspecified atom stereocenters. The molecule has 4 heteroatoms. The lowest BCUT2D eigenvalue weighted by atomic mass is 10.1. The van der Waals surface area contributed by atoms with Gasteiger partial charge >= 0.3 is 0 Å². The highest BCUT2D eigenvalue weighted by Gasteiger charge is 2.00. The van der Waals surface area contributed by atoms with E-state index >= 15 is 0 Å². The van der Waals surface area contributed by atoms with Crippen LogP contribution in [0.2, 0.25) is 0 Å². The van der Waals surface area contributed by atoms with Gasteiger partial charge in [-0.1, -0.05) is 40.6 Å². The van der Waals surface area contributed by atoms with Gasteiger partial charge in [-0.2, -0.15) is 0 Å². The lowest BCUT2D eigenvalue weighted by molar-refractivity contribution is 1.06. The average Bonchev–Trinajstić information content (AvgIpc) is 2.20. The molecule has 1 nitrogen and oxygen atoms in total. The highest BCUT2D eigenvalue weighted by Crippen LogP contribution is 2.27. The van der Waals surface area contributed by atoms with Crippen molar-refractivity contribution in [3.8, 4) is 0 Å². The Bertz CT molecular complexity index is 291. The predicted octanol–water partition coefficient (Wildman–Crippen LogP) is 3.65. The third-order valence-corrected chi connectivity index (χ3v) is 5.16. The van der Waals surface area contributed by atoms with Crippen LogP contribution in [0, 0.1) is 3.57 Å². The van der Waals surface area contributed by atoms with Gasteiger partial charge in [0.05, 0.1) is 0 Å². The third kappa shape index (κ3) is 4.00. The van der Waals surface area contributed by atoms with Gasteiger partial charge in [-0.3, -0.25) is 0 Å². The lowest BCUT2D eigenvalue weighted by Crippen LogP contribution is -1.97. The smallest absolute Gasteiger partial charge is 0.0299 e. The van der Waals surface area contributed by atoms with Crippen molar-refractivity contribution >= 4 is 44.2 Å². The molecule has 0 spiro atoms. The van der Waals surface area contributed by atoms with E-state index in [-0.39, 0.29) is 0 Å². The Morgan fingerprint density at radius 1 is 1.36 bits per heavy atom. The monoisotopic (exact) mass is 339 g/mol. The molecule has 0 bridgehead atoms. The van der Waals surface area contributed by atoms with Crippen molar-refractivity contribution in [2.45, 2.75) is 19.2 Å². The molecule has 2 N–H and O–H groups in total. The van der Waals surface area contributed by atoms with Crippen LogP contribution in [0.4, 0.5) is 0 Å². The fourth-order valence-electron chi connectivity index (χ4n) is 1.02. The van der Waals surface area contributed by atoms with E-state index in [2.05, 4.69) is 47.7 Å². The molecule has 0 aliphatic carbocycles. The molecular weight excluding hydrogens is 325 g/mol. The lowest BCUT2D eigenvalue weighted by Gasteiger charge is -2.05. The maximum atomic E-state index is 5.58. The molecule has 1 rings (SSSR count). The number of hydrogen-bond donors (Lipinski definition) is 1. The van der Waals surface area contributed by atoms with E-state index in [1.165, 1.54) is 20.4 Å². The highest BCUT2D eigenvalue weighted by atomic mass is 127. The number of benzene rings is 1. The van der Waals surface area contributed by atoms with Crippen LogP contribution in [-0.2, 0) is 12.3 Å². The van der Waals surface area contributed by atoms with Crippen molar-refractivity contribution in [1.82, 2.24) is 0 Å². The second kappa shape index (κ2) is 6.98. The molecule has 1 aromatic carbocycles. The van der Waals surface area contributed by atoms with Crippen molar-refractivity contribution in [3.05, 3.63) is 32.9 Å². The summed E-state index contributed by atoms with van der Waals surface area (Å²) < 4.78 is 1.33. The minimum atomic E-state index is 0.632. The summed E-state index contributed by atoms with van der Waals surface area (Å²) in [6.45, 7) is 2.81. The molecule has 0 saturated carbocycles. The van der Waals surface area contributed by atoms with E-state index in [4.69, 9.17) is 5.73 Å². The Morgan fingerprint density at radius 3 is 2.71 bits per heavy atom. The second-order valence-corrected chi connectivity index (χ2v) is 6.71. The molecule has 0 amide bonds. The largest absolute Gasteiger partial charge is 0.326 e. The zero-order chi connectivity index (χ0) is 10.4. The Hall–Kier alpha value is 0.610. The van der Waals surface area contributed by atoms with Crippen LogP contribution in [0.5, 0.6) is 0 Å². The number of rotatable bonds is 5. The van der Waals surface area contributed by atoms with Gasteiger partial charge in [0.15, 0.2) is 0 Å². The van der Waals surface area contributed by atoms with Gasteiger partial charge in [-0.05, 0) is 39.8 Å². The summed E-state index contributed by atoms with van der Waals surface area (Å²) in [7, 11) is 3.82. The minimum Gasteiger partial charge on any atom is -0.326 e. The Balaban J connectivity index is 2.59. The summed E-state index contributed by atoms with van der Waals surface area (Å²) in [5.41, 5.74) is 8.20. The maximum Gasteiger partial charge on any atom is 0.0299 e. The fraction of sp³-hybridized carbons (Fsp3) is 0.400. The zero-order valence-corrected chi connectivity index (χ0v) is 11.9. The summed E-state index contributed by atoms with van der Waals surface area (Å²) in [4.78, 5) is 0. The average molecular weight is 339 g/mol. The quantitative estimate of drug-likeness (QED) is 0.504. The Morgan fingerprint density at radius 2 is 2.14 bits per heavy atom. The molecule has 0 radical (unpaired) electrons. The standard InChI is InChI=1S/C10H14INS2/c1-2-13-14-7-9-4-3-8(6-12)5-10(9)11/h3-5H,2,6-7,12H2,1H3. The van der Waals surface area contributed by atoms with Gasteiger partial charge in [0.2, 0.25) is 0 Å². The molecule has 0 fully saturated rings. The van der Waals surface area contributed by atoms with E-state index in [1.54, 1.807) is 0 Å².